The van der Waals surface area contributed by atoms with E-state index in [1.54, 1.807) is 18.4 Å². The Morgan fingerprint density at radius 2 is 2.45 bits per heavy atom. The lowest BCUT2D eigenvalue weighted by Gasteiger charge is -2.33. The Bertz CT molecular complexity index is 533. The lowest BCUT2D eigenvalue weighted by Crippen LogP contribution is -2.48. The quantitative estimate of drug-likeness (QED) is 0.490. The molecule has 0 amide bonds. The molecule has 122 valence electrons. The minimum absolute atomic E-state index is 0.0527. The van der Waals surface area contributed by atoms with Crippen molar-refractivity contribution in [1.82, 2.24) is 10.2 Å². The molecule has 0 aliphatic carbocycles. The lowest BCUT2D eigenvalue weighted by molar-refractivity contribution is -0.149. The highest BCUT2D eigenvalue weighted by atomic mass is 79.9. The van der Waals surface area contributed by atoms with Gasteiger partial charge in [0.2, 0.25) is 0 Å². The third-order valence-corrected chi connectivity index (χ3v) is 5.29. The van der Waals surface area contributed by atoms with Crippen molar-refractivity contribution >= 4 is 39.2 Å². The minimum atomic E-state index is -0.0927. The Labute approximate surface area is 143 Å². The molecular weight excluding hydrogens is 366 g/mol. The predicted molar refractivity (Wildman–Crippen MR) is 93.1 cm³/mol. The zero-order valence-corrected chi connectivity index (χ0v) is 15.4. The van der Waals surface area contributed by atoms with Crippen LogP contribution >= 0.6 is 27.3 Å². The van der Waals surface area contributed by atoms with Crippen molar-refractivity contribution < 1.29 is 9.53 Å². The van der Waals surface area contributed by atoms with Crippen LogP contribution in [0.1, 0.15) is 24.6 Å². The fourth-order valence-corrected chi connectivity index (χ4v) is 3.96. The standard InChI is InChI=1S/C15H22BrN3O2S/c1-3-21-14(20)11-5-4-6-19(9-11)15(17-2)18-8-13-7-12(16)10-22-13/h7,10-11H,3-6,8-9H2,1-2H3,(H,17,18). The molecule has 1 saturated heterocycles. The Morgan fingerprint density at radius 3 is 3.09 bits per heavy atom. The number of rotatable bonds is 4. The zero-order chi connectivity index (χ0) is 15.9. The van der Waals surface area contributed by atoms with Gasteiger partial charge in [-0.15, -0.1) is 11.3 Å². The summed E-state index contributed by atoms with van der Waals surface area (Å²) in [5, 5.41) is 5.44. The molecule has 1 N–H and O–H groups in total. The average molecular weight is 388 g/mol. The van der Waals surface area contributed by atoms with Crippen LogP contribution in [0, 0.1) is 5.92 Å². The molecule has 1 atom stereocenters. The summed E-state index contributed by atoms with van der Waals surface area (Å²) in [6, 6.07) is 2.10. The number of aliphatic imine (C=N–C) groups is 1. The van der Waals surface area contributed by atoms with E-state index in [2.05, 4.69) is 42.6 Å². The molecule has 22 heavy (non-hydrogen) atoms. The van der Waals surface area contributed by atoms with Gasteiger partial charge in [-0.2, -0.15) is 0 Å². The third kappa shape index (κ3) is 4.71. The summed E-state index contributed by atoms with van der Waals surface area (Å²) >= 11 is 5.17. The van der Waals surface area contributed by atoms with Gasteiger partial charge in [-0.1, -0.05) is 0 Å². The lowest BCUT2D eigenvalue weighted by atomic mass is 9.98. The maximum atomic E-state index is 11.9. The molecule has 1 aromatic rings. The molecule has 0 radical (unpaired) electrons. The number of carbonyl (C=O) groups is 1. The van der Waals surface area contributed by atoms with Gasteiger partial charge in [-0.3, -0.25) is 9.79 Å². The van der Waals surface area contributed by atoms with Crippen LogP contribution in [0.4, 0.5) is 0 Å². The molecule has 0 saturated carbocycles. The number of nitrogens with one attached hydrogen (secondary N) is 1. The number of carbonyl (C=O) groups excluding carboxylic acids is 1. The fourth-order valence-electron chi connectivity index (χ4n) is 2.57. The maximum Gasteiger partial charge on any atom is 0.310 e. The van der Waals surface area contributed by atoms with E-state index in [1.165, 1.54) is 4.88 Å². The van der Waals surface area contributed by atoms with Crippen LogP contribution in [0.2, 0.25) is 0 Å². The van der Waals surface area contributed by atoms with Gasteiger partial charge in [0, 0.05) is 34.9 Å². The molecule has 7 heteroatoms. The zero-order valence-electron chi connectivity index (χ0n) is 13.0. The smallest absolute Gasteiger partial charge is 0.310 e. The monoisotopic (exact) mass is 387 g/mol. The first-order valence-corrected chi connectivity index (χ1v) is 9.16. The molecule has 0 bridgehead atoms. The van der Waals surface area contributed by atoms with Gasteiger partial charge in [0.1, 0.15) is 0 Å². The molecule has 0 aromatic carbocycles. The van der Waals surface area contributed by atoms with E-state index in [0.29, 0.717) is 13.2 Å². The van der Waals surface area contributed by atoms with Crippen LogP contribution in [0.5, 0.6) is 0 Å². The summed E-state index contributed by atoms with van der Waals surface area (Å²) in [4.78, 5) is 19.7. The summed E-state index contributed by atoms with van der Waals surface area (Å²) in [6.07, 6.45) is 1.87. The van der Waals surface area contributed by atoms with E-state index in [4.69, 9.17) is 4.74 Å². The number of likely N-dealkylation sites (tertiary alicyclic amines) is 1. The third-order valence-electron chi connectivity index (χ3n) is 3.60. The first kappa shape index (κ1) is 17.3. The maximum absolute atomic E-state index is 11.9. The highest BCUT2D eigenvalue weighted by molar-refractivity contribution is 9.10. The summed E-state index contributed by atoms with van der Waals surface area (Å²) in [5.41, 5.74) is 0. The van der Waals surface area contributed by atoms with E-state index in [9.17, 15) is 4.79 Å². The Balaban J connectivity index is 1.91. The second kappa shape index (κ2) is 8.53. The normalized spacial score (nSPS) is 19.1. The number of hydrogen-bond acceptors (Lipinski definition) is 4. The molecule has 5 nitrogen and oxygen atoms in total. The van der Waals surface area contributed by atoms with E-state index in [1.807, 2.05) is 6.92 Å². The van der Waals surface area contributed by atoms with E-state index in [0.717, 1.165) is 36.4 Å². The van der Waals surface area contributed by atoms with Crippen molar-refractivity contribution in [3.8, 4) is 0 Å². The highest BCUT2D eigenvalue weighted by Crippen LogP contribution is 2.20. The Morgan fingerprint density at radius 1 is 1.64 bits per heavy atom. The topological polar surface area (TPSA) is 53.9 Å². The second-order valence-electron chi connectivity index (χ2n) is 5.17. The van der Waals surface area contributed by atoms with Crippen molar-refractivity contribution in [2.24, 2.45) is 10.9 Å². The van der Waals surface area contributed by atoms with Crippen molar-refractivity contribution in [3.05, 3.63) is 20.8 Å². The van der Waals surface area contributed by atoms with Crippen molar-refractivity contribution in [3.63, 3.8) is 0 Å². The van der Waals surface area contributed by atoms with Crippen molar-refractivity contribution in [2.75, 3.05) is 26.7 Å². The number of halogens is 1. The summed E-state index contributed by atoms with van der Waals surface area (Å²) in [7, 11) is 1.78. The Hall–Kier alpha value is -1.08. The van der Waals surface area contributed by atoms with Gasteiger partial charge in [-0.05, 0) is 41.8 Å². The first-order chi connectivity index (χ1) is 10.6. The molecule has 1 unspecified atom stereocenters. The van der Waals surface area contributed by atoms with E-state index < -0.39 is 0 Å². The van der Waals surface area contributed by atoms with Crippen LogP contribution in [-0.2, 0) is 16.1 Å². The molecular formula is C15H22BrN3O2S. The van der Waals surface area contributed by atoms with Gasteiger partial charge in [0.15, 0.2) is 5.96 Å². The molecule has 1 fully saturated rings. The number of nitrogens with zero attached hydrogens (tertiary/aromatic N) is 2. The Kier molecular flexibility index (Phi) is 6.70. The van der Waals surface area contributed by atoms with Gasteiger partial charge < -0.3 is 15.0 Å². The van der Waals surface area contributed by atoms with E-state index >= 15 is 0 Å². The average Bonchev–Trinajstić information content (AvgIpc) is 2.94. The van der Waals surface area contributed by atoms with E-state index in [-0.39, 0.29) is 11.9 Å². The van der Waals surface area contributed by atoms with Crippen LogP contribution < -0.4 is 5.32 Å². The van der Waals surface area contributed by atoms with Gasteiger partial charge in [0.25, 0.3) is 0 Å². The number of hydrogen-bond donors (Lipinski definition) is 1. The molecule has 1 aliphatic rings. The minimum Gasteiger partial charge on any atom is -0.466 e. The number of guanidine groups is 1. The number of piperidine rings is 1. The number of thiophene rings is 1. The first-order valence-electron chi connectivity index (χ1n) is 7.49. The summed E-state index contributed by atoms with van der Waals surface area (Å²) in [5.74, 6) is 0.700. The predicted octanol–water partition coefficient (Wildman–Crippen LogP) is 2.86. The van der Waals surface area contributed by atoms with Crippen LogP contribution in [0.15, 0.2) is 20.9 Å². The van der Waals surface area contributed by atoms with Gasteiger partial charge >= 0.3 is 5.97 Å². The molecule has 2 rings (SSSR count). The summed E-state index contributed by atoms with van der Waals surface area (Å²) < 4.78 is 6.25. The summed E-state index contributed by atoms with van der Waals surface area (Å²) in [6.45, 7) is 4.62. The van der Waals surface area contributed by atoms with Gasteiger partial charge in [-0.25, -0.2) is 0 Å². The SMILES string of the molecule is CCOC(=O)C1CCCN(C(=NC)NCc2cc(Br)cs2)C1. The van der Waals surface area contributed by atoms with Crippen molar-refractivity contribution in [2.45, 2.75) is 26.3 Å². The largest absolute Gasteiger partial charge is 0.466 e. The highest BCUT2D eigenvalue weighted by Gasteiger charge is 2.28. The number of ether oxygens (including phenoxy) is 1. The van der Waals surface area contributed by atoms with Gasteiger partial charge in [0.05, 0.1) is 19.1 Å². The van der Waals surface area contributed by atoms with Crippen molar-refractivity contribution in [1.29, 1.82) is 0 Å². The fraction of sp³-hybridized carbons (Fsp3) is 0.600. The molecule has 2 heterocycles. The second-order valence-corrected chi connectivity index (χ2v) is 7.08. The van der Waals surface area contributed by atoms with Crippen LogP contribution in [0.25, 0.3) is 0 Å². The molecule has 1 aliphatic heterocycles. The number of esters is 1. The van der Waals surface area contributed by atoms with Crippen LogP contribution in [-0.4, -0.2) is 43.6 Å². The molecule has 1 aromatic heterocycles. The molecule has 0 spiro atoms. The van der Waals surface area contributed by atoms with Crippen LogP contribution in [0.3, 0.4) is 0 Å².